The number of nitriles is 1. The van der Waals surface area contributed by atoms with Crippen molar-refractivity contribution in [3.63, 3.8) is 0 Å². The molecule has 174 valence electrons. The number of nitrogens with zero attached hydrogens (tertiary/aromatic N) is 4. The fraction of sp³-hybridized carbons (Fsp3) is 0.214. The van der Waals surface area contributed by atoms with Crippen LogP contribution in [0.5, 0.6) is 0 Å². The molecule has 0 radical (unpaired) electrons. The van der Waals surface area contributed by atoms with E-state index in [1.165, 1.54) is 12.1 Å². The summed E-state index contributed by atoms with van der Waals surface area (Å²) in [6.07, 6.45) is 3.21. The molecule has 35 heavy (non-hydrogen) atoms. The van der Waals surface area contributed by atoms with Gasteiger partial charge in [0.25, 0.3) is 5.91 Å². The van der Waals surface area contributed by atoms with E-state index in [0.29, 0.717) is 35.5 Å². The molecule has 0 aliphatic carbocycles. The van der Waals surface area contributed by atoms with Gasteiger partial charge in [-0.1, -0.05) is 36.4 Å². The lowest BCUT2D eigenvalue weighted by Crippen LogP contribution is -2.45. The van der Waals surface area contributed by atoms with E-state index in [2.05, 4.69) is 16.3 Å². The quantitative estimate of drug-likeness (QED) is 0.379. The first-order chi connectivity index (χ1) is 17.1. The van der Waals surface area contributed by atoms with Crippen molar-refractivity contribution in [3.8, 4) is 28.7 Å². The number of amides is 1. The van der Waals surface area contributed by atoms with Crippen LogP contribution in [0.25, 0.3) is 22.6 Å². The van der Waals surface area contributed by atoms with Crippen molar-refractivity contribution in [3.05, 3.63) is 95.6 Å². The minimum absolute atomic E-state index is 0.0421. The van der Waals surface area contributed by atoms with Gasteiger partial charge in [-0.15, -0.1) is 10.2 Å². The van der Waals surface area contributed by atoms with Crippen molar-refractivity contribution in [2.45, 2.75) is 31.7 Å². The van der Waals surface area contributed by atoms with E-state index in [-0.39, 0.29) is 23.7 Å². The molecule has 1 atom stereocenters. The van der Waals surface area contributed by atoms with Crippen molar-refractivity contribution in [2.75, 3.05) is 6.54 Å². The highest BCUT2D eigenvalue weighted by Crippen LogP contribution is 2.29. The smallest absolute Gasteiger partial charge is 0.254 e. The van der Waals surface area contributed by atoms with Crippen LogP contribution in [0.3, 0.4) is 0 Å². The van der Waals surface area contributed by atoms with E-state index < -0.39 is 0 Å². The molecule has 1 unspecified atom stereocenters. The summed E-state index contributed by atoms with van der Waals surface area (Å²) in [4.78, 5) is 15.6. The number of hydrogen-bond acceptors (Lipinski definition) is 5. The third-order valence-electron chi connectivity index (χ3n) is 6.32. The Labute approximate surface area is 202 Å². The van der Waals surface area contributed by atoms with E-state index in [4.69, 9.17) is 9.68 Å². The minimum atomic E-state index is -0.368. The average molecular weight is 467 g/mol. The van der Waals surface area contributed by atoms with Crippen LogP contribution in [0, 0.1) is 17.1 Å². The van der Waals surface area contributed by atoms with Gasteiger partial charge >= 0.3 is 0 Å². The summed E-state index contributed by atoms with van der Waals surface area (Å²) >= 11 is 0. The van der Waals surface area contributed by atoms with E-state index in [1.807, 2.05) is 41.3 Å². The Morgan fingerprint density at radius 3 is 2.66 bits per heavy atom. The molecule has 2 heterocycles. The Hall–Kier alpha value is -4.31. The number of hydrogen-bond donors (Lipinski definition) is 0. The second-order valence-corrected chi connectivity index (χ2v) is 8.60. The van der Waals surface area contributed by atoms with Gasteiger partial charge in [0.15, 0.2) is 0 Å². The second kappa shape index (κ2) is 9.90. The summed E-state index contributed by atoms with van der Waals surface area (Å²) < 4.78 is 19.4. The van der Waals surface area contributed by atoms with Crippen LogP contribution in [-0.4, -0.2) is 33.6 Å². The first kappa shape index (κ1) is 22.5. The molecular weight excluding hydrogens is 443 g/mol. The lowest BCUT2D eigenvalue weighted by atomic mass is 9.94. The van der Waals surface area contributed by atoms with Gasteiger partial charge in [0, 0.05) is 30.1 Å². The fourth-order valence-electron chi connectivity index (χ4n) is 4.56. The maximum Gasteiger partial charge on any atom is 0.254 e. The number of piperidine rings is 1. The lowest BCUT2D eigenvalue weighted by molar-refractivity contribution is 0.0606. The third kappa shape index (κ3) is 4.82. The molecule has 1 aliphatic rings. The average Bonchev–Trinajstić information content (AvgIpc) is 3.37. The van der Waals surface area contributed by atoms with Crippen molar-refractivity contribution in [1.82, 2.24) is 15.1 Å². The van der Waals surface area contributed by atoms with Crippen LogP contribution < -0.4 is 0 Å². The van der Waals surface area contributed by atoms with Gasteiger partial charge in [-0.2, -0.15) is 5.26 Å². The SMILES string of the molecule is N#Cc1ccc(-c2ccccc2C(=O)N2CCCCC2Cc2nnc(-c3cccc(F)c3)o2)cc1. The maximum absolute atomic E-state index is 13.7. The summed E-state index contributed by atoms with van der Waals surface area (Å²) in [7, 11) is 0. The Balaban J connectivity index is 1.39. The van der Waals surface area contributed by atoms with Gasteiger partial charge in [0.05, 0.1) is 11.6 Å². The van der Waals surface area contributed by atoms with E-state index >= 15 is 0 Å². The molecule has 1 aliphatic heterocycles. The Bertz CT molecular complexity index is 1390. The van der Waals surface area contributed by atoms with Crippen molar-refractivity contribution < 1.29 is 13.6 Å². The van der Waals surface area contributed by atoms with Crippen LogP contribution >= 0.6 is 0 Å². The number of halogens is 1. The molecular formula is C28H23FN4O2. The molecule has 3 aromatic carbocycles. The summed E-state index contributed by atoms with van der Waals surface area (Å²) in [5, 5.41) is 17.3. The predicted octanol–water partition coefficient (Wildman–Crippen LogP) is 5.65. The molecule has 4 aromatic rings. The highest BCUT2D eigenvalue weighted by atomic mass is 19.1. The van der Waals surface area contributed by atoms with E-state index in [0.717, 1.165) is 30.4 Å². The van der Waals surface area contributed by atoms with Crippen LogP contribution in [0.4, 0.5) is 4.39 Å². The summed E-state index contributed by atoms with van der Waals surface area (Å²) in [6.45, 7) is 0.649. The molecule has 0 bridgehead atoms. The van der Waals surface area contributed by atoms with Gasteiger partial charge < -0.3 is 9.32 Å². The highest BCUT2D eigenvalue weighted by molar-refractivity contribution is 6.01. The predicted molar refractivity (Wildman–Crippen MR) is 129 cm³/mol. The van der Waals surface area contributed by atoms with E-state index in [1.54, 1.807) is 24.3 Å². The molecule has 1 aromatic heterocycles. The first-order valence-electron chi connectivity index (χ1n) is 11.6. The Morgan fingerprint density at radius 2 is 1.86 bits per heavy atom. The van der Waals surface area contributed by atoms with Crippen LogP contribution in [0.1, 0.15) is 41.1 Å². The molecule has 0 saturated carbocycles. The standard InChI is InChI=1S/C28H23FN4O2/c29-22-7-5-6-21(16-22)27-32-31-26(35-27)17-23-8-3-4-15-33(23)28(34)25-10-2-1-9-24(25)20-13-11-19(18-30)12-14-20/h1-2,5-7,9-14,16,23H,3-4,8,15,17H2. The van der Waals surface area contributed by atoms with Crippen LogP contribution in [0.15, 0.2) is 77.2 Å². The number of rotatable bonds is 5. The number of carbonyl (C=O) groups excluding carboxylic acids is 1. The zero-order chi connectivity index (χ0) is 24.2. The highest BCUT2D eigenvalue weighted by Gasteiger charge is 2.30. The summed E-state index contributed by atoms with van der Waals surface area (Å²) in [6, 6.07) is 22.9. The lowest BCUT2D eigenvalue weighted by Gasteiger charge is -2.35. The summed E-state index contributed by atoms with van der Waals surface area (Å²) in [5.41, 5.74) is 3.44. The number of carbonyl (C=O) groups is 1. The Morgan fingerprint density at radius 1 is 1.03 bits per heavy atom. The molecule has 6 nitrogen and oxygen atoms in total. The van der Waals surface area contributed by atoms with Gasteiger partial charge in [-0.3, -0.25) is 4.79 Å². The second-order valence-electron chi connectivity index (χ2n) is 8.60. The van der Waals surface area contributed by atoms with Crippen LogP contribution in [-0.2, 0) is 6.42 Å². The number of benzene rings is 3. The zero-order valence-corrected chi connectivity index (χ0v) is 19.0. The van der Waals surface area contributed by atoms with Gasteiger partial charge in [0.2, 0.25) is 11.8 Å². The molecule has 0 N–H and O–H groups in total. The van der Waals surface area contributed by atoms with Gasteiger partial charge in [-0.25, -0.2) is 4.39 Å². The third-order valence-corrected chi connectivity index (χ3v) is 6.32. The fourth-order valence-corrected chi connectivity index (χ4v) is 4.56. The number of likely N-dealkylation sites (tertiary alicyclic amines) is 1. The topological polar surface area (TPSA) is 83.0 Å². The molecule has 1 saturated heterocycles. The molecule has 5 rings (SSSR count). The minimum Gasteiger partial charge on any atom is -0.421 e. The maximum atomic E-state index is 13.7. The normalized spacial score (nSPS) is 15.5. The largest absolute Gasteiger partial charge is 0.421 e. The molecule has 0 spiro atoms. The van der Waals surface area contributed by atoms with Gasteiger partial charge in [-0.05, 0) is 66.8 Å². The number of aromatic nitrogens is 2. The Kier molecular flexibility index (Phi) is 6.36. The molecule has 1 fully saturated rings. The van der Waals surface area contributed by atoms with E-state index in [9.17, 15) is 9.18 Å². The first-order valence-corrected chi connectivity index (χ1v) is 11.6. The summed E-state index contributed by atoms with van der Waals surface area (Å²) in [5.74, 6) is 0.278. The zero-order valence-electron chi connectivity index (χ0n) is 19.0. The van der Waals surface area contributed by atoms with Crippen molar-refractivity contribution in [2.24, 2.45) is 0 Å². The van der Waals surface area contributed by atoms with Crippen molar-refractivity contribution >= 4 is 5.91 Å². The molecule has 7 heteroatoms. The van der Waals surface area contributed by atoms with Crippen molar-refractivity contribution in [1.29, 1.82) is 5.26 Å². The monoisotopic (exact) mass is 466 g/mol. The van der Waals surface area contributed by atoms with Crippen LogP contribution in [0.2, 0.25) is 0 Å². The molecule has 1 amide bonds. The van der Waals surface area contributed by atoms with Gasteiger partial charge in [0.1, 0.15) is 5.82 Å².